The zero-order valence-corrected chi connectivity index (χ0v) is 19.5. The van der Waals surface area contributed by atoms with Crippen molar-refractivity contribution >= 4 is 43.7 Å². The lowest BCUT2D eigenvalue weighted by molar-refractivity contribution is 0.252. The molecule has 0 saturated heterocycles. The van der Waals surface area contributed by atoms with Gasteiger partial charge in [0.25, 0.3) is 20.2 Å². The summed E-state index contributed by atoms with van der Waals surface area (Å²) in [6.07, 6.45) is 0.580. The van der Waals surface area contributed by atoms with Gasteiger partial charge < -0.3 is 21.3 Å². The van der Waals surface area contributed by atoms with Crippen molar-refractivity contribution in [1.82, 2.24) is 10.6 Å². The summed E-state index contributed by atoms with van der Waals surface area (Å²) in [5.41, 5.74) is 2.86. The third-order valence-electron chi connectivity index (χ3n) is 4.16. The lowest BCUT2D eigenvalue weighted by Crippen LogP contribution is -2.33. The Morgan fingerprint density at radius 3 is 1.30 bits per heavy atom. The lowest BCUT2D eigenvalue weighted by Gasteiger charge is -2.09. The predicted molar refractivity (Wildman–Crippen MR) is 122 cm³/mol. The first kappa shape index (κ1) is 26.1. The Morgan fingerprint density at radius 1 is 0.667 bits per heavy atom. The van der Waals surface area contributed by atoms with Crippen molar-refractivity contribution in [1.29, 1.82) is 0 Å². The monoisotopic (exact) mass is 500 g/mol. The van der Waals surface area contributed by atoms with Crippen LogP contribution in [0.15, 0.2) is 48.5 Å². The Kier molecular flexibility index (Phi) is 9.16. The number of hydrogen-bond acceptors (Lipinski definition) is 8. The summed E-state index contributed by atoms with van der Waals surface area (Å²) in [6, 6.07) is 12.5. The number of carbonyl (C=O) groups is 2. The third kappa shape index (κ3) is 9.44. The number of benzene rings is 2. The van der Waals surface area contributed by atoms with Gasteiger partial charge in [0.2, 0.25) is 0 Å². The quantitative estimate of drug-likeness (QED) is 0.355. The van der Waals surface area contributed by atoms with Gasteiger partial charge in [0, 0.05) is 11.4 Å². The second-order valence-corrected chi connectivity index (χ2v) is 10.0. The topological polar surface area (TPSA) is 169 Å². The third-order valence-corrected chi connectivity index (χ3v) is 6.17. The molecule has 2 aromatic carbocycles. The fourth-order valence-corrected chi connectivity index (χ4v) is 3.28. The SMILES string of the molecule is COS(=O)(=O)CNC(=O)Nc1ccc(Cc2ccc(NC(=O)NCS(=O)(=O)OC)cc2)cc1. The molecule has 33 heavy (non-hydrogen) atoms. The fraction of sp³-hybridized carbons (Fsp3) is 0.263. The van der Waals surface area contributed by atoms with Gasteiger partial charge in [-0.1, -0.05) is 24.3 Å². The number of carbonyl (C=O) groups excluding carboxylic acids is 2. The number of anilines is 2. The van der Waals surface area contributed by atoms with Crippen LogP contribution in [-0.2, 0) is 35.0 Å². The van der Waals surface area contributed by atoms with Crippen molar-refractivity contribution in [3.63, 3.8) is 0 Å². The minimum atomic E-state index is -3.80. The van der Waals surface area contributed by atoms with Crippen LogP contribution >= 0.6 is 0 Å². The number of urea groups is 2. The maximum absolute atomic E-state index is 11.8. The Balaban J connectivity index is 1.85. The van der Waals surface area contributed by atoms with Gasteiger partial charge in [0.05, 0.1) is 14.2 Å². The van der Waals surface area contributed by atoms with E-state index in [9.17, 15) is 26.4 Å². The molecule has 2 rings (SSSR count). The van der Waals surface area contributed by atoms with Crippen LogP contribution in [0.1, 0.15) is 11.1 Å². The average molecular weight is 501 g/mol. The second kappa shape index (κ2) is 11.6. The minimum absolute atomic E-state index is 0.479. The highest BCUT2D eigenvalue weighted by Gasteiger charge is 2.12. The summed E-state index contributed by atoms with van der Waals surface area (Å²) in [5, 5.41) is 9.39. The van der Waals surface area contributed by atoms with Gasteiger partial charge in [-0.3, -0.25) is 8.37 Å². The first-order valence-corrected chi connectivity index (χ1v) is 12.5. The molecule has 180 valence electrons. The Morgan fingerprint density at radius 2 is 1.00 bits per heavy atom. The van der Waals surface area contributed by atoms with E-state index in [0.29, 0.717) is 17.8 Å². The molecule has 0 bridgehead atoms. The standard InChI is InChI=1S/C19H24N4O8S2/c1-30-32(26,27)12-20-18(24)22-16-7-3-14(4-8-16)11-15-5-9-17(10-6-15)23-19(25)21-13-33(28,29)31-2/h3-10H,11-13H2,1-2H3,(H2,20,22,24)(H2,21,23,25). The highest BCUT2D eigenvalue weighted by molar-refractivity contribution is 7.86. The molecule has 0 radical (unpaired) electrons. The van der Waals surface area contributed by atoms with E-state index in [1.54, 1.807) is 48.5 Å². The van der Waals surface area contributed by atoms with E-state index in [4.69, 9.17) is 0 Å². The highest BCUT2D eigenvalue weighted by Crippen LogP contribution is 2.16. The number of hydrogen-bond donors (Lipinski definition) is 4. The van der Waals surface area contributed by atoms with Crippen molar-refractivity contribution < 1.29 is 34.8 Å². The van der Waals surface area contributed by atoms with Gasteiger partial charge in [-0.05, 0) is 41.8 Å². The van der Waals surface area contributed by atoms with Crippen molar-refractivity contribution in [3.8, 4) is 0 Å². The molecule has 0 atom stereocenters. The highest BCUT2D eigenvalue weighted by atomic mass is 32.2. The molecule has 0 heterocycles. The maximum atomic E-state index is 11.8. The van der Waals surface area contributed by atoms with E-state index in [1.165, 1.54) is 0 Å². The van der Waals surface area contributed by atoms with Gasteiger partial charge in [-0.25, -0.2) is 9.59 Å². The van der Waals surface area contributed by atoms with Crippen LogP contribution in [0.2, 0.25) is 0 Å². The molecular formula is C19H24N4O8S2. The molecule has 0 fully saturated rings. The first-order valence-electron chi connectivity index (χ1n) is 9.36. The second-order valence-electron chi connectivity index (χ2n) is 6.57. The number of nitrogens with one attached hydrogen (secondary N) is 4. The molecule has 14 heteroatoms. The molecule has 0 unspecified atom stereocenters. The zero-order chi connectivity index (χ0) is 24.5. The van der Waals surface area contributed by atoms with Crippen molar-refractivity contribution in [3.05, 3.63) is 59.7 Å². The van der Waals surface area contributed by atoms with Crippen LogP contribution in [0.4, 0.5) is 21.0 Å². The predicted octanol–water partition coefficient (Wildman–Crippen LogP) is 1.39. The van der Waals surface area contributed by atoms with E-state index < -0.39 is 44.1 Å². The van der Waals surface area contributed by atoms with Crippen LogP contribution < -0.4 is 21.3 Å². The summed E-state index contributed by atoms with van der Waals surface area (Å²) in [5.74, 6) is -1.29. The zero-order valence-electron chi connectivity index (χ0n) is 17.8. The van der Waals surface area contributed by atoms with Crippen molar-refractivity contribution in [2.75, 3.05) is 36.6 Å². The van der Waals surface area contributed by atoms with Crippen LogP contribution in [0.5, 0.6) is 0 Å². The van der Waals surface area contributed by atoms with E-state index in [0.717, 1.165) is 25.3 Å². The molecule has 2 aromatic rings. The average Bonchev–Trinajstić information content (AvgIpc) is 2.79. The lowest BCUT2D eigenvalue weighted by atomic mass is 10.0. The first-order chi connectivity index (χ1) is 15.5. The summed E-state index contributed by atoms with van der Waals surface area (Å²) >= 11 is 0. The van der Waals surface area contributed by atoms with Crippen molar-refractivity contribution in [2.24, 2.45) is 0 Å². The molecule has 0 spiro atoms. The fourth-order valence-electron chi connectivity index (χ4n) is 2.42. The molecule has 0 aliphatic carbocycles. The largest absolute Gasteiger partial charge is 0.321 e. The summed E-state index contributed by atoms with van der Waals surface area (Å²) < 4.78 is 53.3. The molecule has 0 aliphatic heterocycles. The molecule has 4 N–H and O–H groups in total. The van der Waals surface area contributed by atoms with E-state index in [2.05, 4.69) is 29.6 Å². The normalized spacial score (nSPS) is 11.5. The van der Waals surface area contributed by atoms with Gasteiger partial charge >= 0.3 is 12.1 Å². The Labute approximate surface area is 191 Å². The molecule has 4 amide bonds. The van der Waals surface area contributed by atoms with Crippen LogP contribution in [0.25, 0.3) is 0 Å². The molecule has 12 nitrogen and oxygen atoms in total. The van der Waals surface area contributed by atoms with Crippen LogP contribution in [0.3, 0.4) is 0 Å². The summed E-state index contributed by atoms with van der Waals surface area (Å²) in [6.45, 7) is 0. The molecular weight excluding hydrogens is 476 g/mol. The Hall–Kier alpha value is -3.20. The number of rotatable bonds is 10. The van der Waals surface area contributed by atoms with E-state index in [-0.39, 0.29) is 0 Å². The van der Waals surface area contributed by atoms with Gasteiger partial charge in [0.1, 0.15) is 11.8 Å². The Bertz CT molecular complexity index is 1070. The minimum Gasteiger partial charge on any atom is -0.321 e. The van der Waals surface area contributed by atoms with Crippen molar-refractivity contribution in [2.45, 2.75) is 6.42 Å². The molecule has 0 aromatic heterocycles. The molecule has 0 saturated carbocycles. The number of amides is 4. The van der Waals surface area contributed by atoms with Crippen LogP contribution in [0, 0.1) is 0 Å². The summed E-state index contributed by atoms with van der Waals surface area (Å²) in [4.78, 5) is 23.5. The molecule has 0 aliphatic rings. The summed E-state index contributed by atoms with van der Waals surface area (Å²) in [7, 11) is -5.58. The smallest absolute Gasteiger partial charge is 0.320 e. The van der Waals surface area contributed by atoms with Gasteiger partial charge in [-0.2, -0.15) is 16.8 Å². The van der Waals surface area contributed by atoms with E-state index in [1.807, 2.05) is 0 Å². The van der Waals surface area contributed by atoms with Crippen LogP contribution in [-0.4, -0.2) is 54.9 Å². The van der Waals surface area contributed by atoms with E-state index >= 15 is 0 Å². The van der Waals surface area contributed by atoms with Gasteiger partial charge in [0.15, 0.2) is 0 Å². The van der Waals surface area contributed by atoms with Gasteiger partial charge in [-0.15, -0.1) is 0 Å². The maximum Gasteiger partial charge on any atom is 0.320 e.